The summed E-state index contributed by atoms with van der Waals surface area (Å²) in [5.74, 6) is 0.921. The number of hydrogen-bond acceptors (Lipinski definition) is 4. The summed E-state index contributed by atoms with van der Waals surface area (Å²) in [5.41, 5.74) is 1.83. The molecule has 0 bridgehead atoms. The third-order valence-corrected chi connectivity index (χ3v) is 4.61. The molecule has 0 saturated carbocycles. The van der Waals surface area contributed by atoms with Crippen molar-refractivity contribution < 1.29 is 14.3 Å². The fourth-order valence-electron chi connectivity index (χ4n) is 3.07. The Morgan fingerprint density at radius 2 is 1.69 bits per heavy atom. The zero-order valence-electron chi connectivity index (χ0n) is 16.6. The van der Waals surface area contributed by atoms with Gasteiger partial charge in [0.05, 0.1) is 20.8 Å². The van der Waals surface area contributed by atoms with Gasteiger partial charge in [0.25, 0.3) is 11.5 Å². The first kappa shape index (κ1) is 20.2. The molecule has 6 nitrogen and oxygen atoms in total. The molecule has 1 heterocycles. The first-order chi connectivity index (χ1) is 14.1. The largest absolute Gasteiger partial charge is 0.493 e. The van der Waals surface area contributed by atoms with Crippen LogP contribution in [0.25, 0.3) is 0 Å². The molecule has 3 aromatic rings. The Morgan fingerprint density at radius 1 is 0.931 bits per heavy atom. The van der Waals surface area contributed by atoms with Gasteiger partial charge in [-0.15, -0.1) is 0 Å². The lowest BCUT2D eigenvalue weighted by molar-refractivity contribution is 0.0952. The zero-order chi connectivity index (χ0) is 20.6. The summed E-state index contributed by atoms with van der Waals surface area (Å²) in [4.78, 5) is 25.2. The van der Waals surface area contributed by atoms with Crippen LogP contribution in [0.2, 0.25) is 0 Å². The Kier molecular flexibility index (Phi) is 6.68. The van der Waals surface area contributed by atoms with Crippen LogP contribution in [0.4, 0.5) is 0 Å². The number of ether oxygens (including phenoxy) is 2. The van der Waals surface area contributed by atoms with Crippen molar-refractivity contribution in [3.63, 3.8) is 0 Å². The lowest BCUT2D eigenvalue weighted by Crippen LogP contribution is -2.33. The molecule has 1 amide bonds. The maximum Gasteiger partial charge on any atom is 0.263 e. The molecule has 1 N–H and O–H groups in total. The summed E-state index contributed by atoms with van der Waals surface area (Å²) < 4.78 is 12.1. The third kappa shape index (κ3) is 5.04. The first-order valence-corrected chi connectivity index (χ1v) is 9.35. The zero-order valence-corrected chi connectivity index (χ0v) is 16.6. The Bertz CT molecular complexity index is 1030. The summed E-state index contributed by atoms with van der Waals surface area (Å²) in [6.45, 7) is 0.827. The third-order valence-electron chi connectivity index (χ3n) is 4.61. The molecular weight excluding hydrogens is 368 g/mol. The van der Waals surface area contributed by atoms with Crippen molar-refractivity contribution in [3.05, 3.63) is 93.9 Å². The predicted molar refractivity (Wildman–Crippen MR) is 112 cm³/mol. The van der Waals surface area contributed by atoms with Crippen molar-refractivity contribution in [2.24, 2.45) is 0 Å². The number of carbonyl (C=O) groups is 1. The molecule has 2 aromatic carbocycles. The van der Waals surface area contributed by atoms with Crippen LogP contribution in [0.5, 0.6) is 11.5 Å². The van der Waals surface area contributed by atoms with Crippen molar-refractivity contribution in [3.8, 4) is 11.5 Å². The normalized spacial score (nSPS) is 10.4. The number of benzene rings is 2. The van der Waals surface area contributed by atoms with Crippen LogP contribution >= 0.6 is 0 Å². The molecule has 3 rings (SSSR count). The second-order valence-corrected chi connectivity index (χ2v) is 6.54. The van der Waals surface area contributed by atoms with Gasteiger partial charge >= 0.3 is 0 Å². The number of nitrogens with zero attached hydrogens (tertiary/aromatic N) is 1. The van der Waals surface area contributed by atoms with E-state index in [1.807, 2.05) is 48.5 Å². The number of methoxy groups -OCH3 is 2. The second kappa shape index (κ2) is 9.59. The summed E-state index contributed by atoms with van der Waals surface area (Å²) in [5, 5.41) is 2.82. The molecule has 0 unspecified atom stereocenters. The van der Waals surface area contributed by atoms with Gasteiger partial charge in [-0.3, -0.25) is 9.59 Å². The minimum Gasteiger partial charge on any atom is -0.493 e. The molecule has 0 radical (unpaired) electrons. The van der Waals surface area contributed by atoms with E-state index in [1.54, 1.807) is 37.1 Å². The molecule has 1 aromatic heterocycles. The van der Waals surface area contributed by atoms with Crippen LogP contribution in [0, 0.1) is 0 Å². The SMILES string of the molecule is COc1ccc(CCNC(=O)c2cccn(Cc3ccccc3)c2=O)cc1OC. The average Bonchev–Trinajstić information content (AvgIpc) is 2.75. The lowest BCUT2D eigenvalue weighted by atomic mass is 10.1. The first-order valence-electron chi connectivity index (χ1n) is 9.35. The van der Waals surface area contributed by atoms with Crippen LogP contribution in [0.15, 0.2) is 71.7 Å². The highest BCUT2D eigenvalue weighted by Crippen LogP contribution is 2.27. The Labute approximate surface area is 169 Å². The average molecular weight is 392 g/mol. The van der Waals surface area contributed by atoms with Crippen LogP contribution < -0.4 is 20.3 Å². The van der Waals surface area contributed by atoms with E-state index in [4.69, 9.17) is 9.47 Å². The van der Waals surface area contributed by atoms with E-state index in [9.17, 15) is 9.59 Å². The molecule has 0 fully saturated rings. The Hall–Kier alpha value is -3.54. The van der Waals surface area contributed by atoms with Gasteiger partial charge in [-0.05, 0) is 41.8 Å². The Morgan fingerprint density at radius 3 is 2.41 bits per heavy atom. The maximum absolute atomic E-state index is 12.7. The molecule has 6 heteroatoms. The Balaban J connectivity index is 1.64. The lowest BCUT2D eigenvalue weighted by Gasteiger charge is -2.11. The summed E-state index contributed by atoms with van der Waals surface area (Å²) in [7, 11) is 3.17. The van der Waals surface area contributed by atoms with Crippen LogP contribution in [-0.2, 0) is 13.0 Å². The van der Waals surface area contributed by atoms with Gasteiger partial charge in [-0.2, -0.15) is 0 Å². The van der Waals surface area contributed by atoms with Crippen LogP contribution in [0.3, 0.4) is 0 Å². The van der Waals surface area contributed by atoms with Gasteiger partial charge in [0.2, 0.25) is 0 Å². The molecule has 29 heavy (non-hydrogen) atoms. The highest BCUT2D eigenvalue weighted by atomic mass is 16.5. The molecule has 0 atom stereocenters. The fourth-order valence-corrected chi connectivity index (χ4v) is 3.07. The van der Waals surface area contributed by atoms with Crippen LogP contribution in [0.1, 0.15) is 21.5 Å². The highest BCUT2D eigenvalue weighted by molar-refractivity contribution is 5.93. The van der Waals surface area contributed by atoms with E-state index in [0.717, 1.165) is 11.1 Å². The number of carbonyl (C=O) groups excluding carboxylic acids is 1. The molecular formula is C23H24N2O4. The smallest absolute Gasteiger partial charge is 0.263 e. The van der Waals surface area contributed by atoms with Crippen molar-refractivity contribution in [2.45, 2.75) is 13.0 Å². The standard InChI is InChI=1S/C23H24N2O4/c1-28-20-11-10-17(15-21(20)29-2)12-13-24-22(26)19-9-6-14-25(23(19)27)16-18-7-4-3-5-8-18/h3-11,14-15H,12-13,16H2,1-2H3,(H,24,26). The predicted octanol–water partition coefficient (Wildman–Crippen LogP) is 2.89. The van der Waals surface area contributed by atoms with Gasteiger partial charge in [0.1, 0.15) is 5.56 Å². The quantitative estimate of drug-likeness (QED) is 0.640. The molecule has 150 valence electrons. The van der Waals surface area contributed by atoms with Crippen molar-refractivity contribution in [1.29, 1.82) is 0 Å². The van der Waals surface area contributed by atoms with Crippen molar-refractivity contribution >= 4 is 5.91 Å². The number of nitrogens with one attached hydrogen (secondary N) is 1. The van der Waals surface area contributed by atoms with Crippen LogP contribution in [-0.4, -0.2) is 31.2 Å². The van der Waals surface area contributed by atoms with Crippen molar-refractivity contribution in [1.82, 2.24) is 9.88 Å². The molecule has 0 aliphatic carbocycles. The molecule has 0 aliphatic rings. The number of pyridine rings is 1. The van der Waals surface area contributed by atoms with E-state index in [1.165, 1.54) is 0 Å². The minimum atomic E-state index is -0.377. The summed E-state index contributed by atoms with van der Waals surface area (Å²) in [6, 6.07) is 18.6. The van der Waals surface area contributed by atoms with E-state index in [0.29, 0.717) is 31.0 Å². The molecule has 0 saturated heterocycles. The number of aromatic nitrogens is 1. The van der Waals surface area contributed by atoms with Gasteiger partial charge in [-0.25, -0.2) is 0 Å². The van der Waals surface area contributed by atoms with E-state index < -0.39 is 0 Å². The van der Waals surface area contributed by atoms with E-state index in [-0.39, 0.29) is 17.0 Å². The molecule has 0 aliphatic heterocycles. The summed E-state index contributed by atoms with van der Waals surface area (Å²) in [6.07, 6.45) is 2.30. The topological polar surface area (TPSA) is 69.6 Å². The number of hydrogen-bond donors (Lipinski definition) is 1. The van der Waals surface area contributed by atoms with E-state index >= 15 is 0 Å². The van der Waals surface area contributed by atoms with Crippen molar-refractivity contribution in [2.75, 3.05) is 20.8 Å². The number of amides is 1. The summed E-state index contributed by atoms with van der Waals surface area (Å²) >= 11 is 0. The maximum atomic E-state index is 12.7. The fraction of sp³-hybridized carbons (Fsp3) is 0.217. The monoisotopic (exact) mass is 392 g/mol. The minimum absolute atomic E-state index is 0.135. The number of rotatable bonds is 8. The van der Waals surface area contributed by atoms with Gasteiger partial charge < -0.3 is 19.4 Å². The van der Waals surface area contributed by atoms with Gasteiger partial charge in [0.15, 0.2) is 11.5 Å². The highest BCUT2D eigenvalue weighted by Gasteiger charge is 2.12. The van der Waals surface area contributed by atoms with E-state index in [2.05, 4.69) is 5.32 Å². The van der Waals surface area contributed by atoms with Gasteiger partial charge in [0, 0.05) is 12.7 Å². The molecule has 0 spiro atoms. The van der Waals surface area contributed by atoms with Gasteiger partial charge in [-0.1, -0.05) is 36.4 Å². The second-order valence-electron chi connectivity index (χ2n) is 6.54.